The number of hydrogen-bond acceptors (Lipinski definition) is 3. The average Bonchev–Trinajstić information content (AvgIpc) is 2.54. The highest BCUT2D eigenvalue weighted by Crippen LogP contribution is 2.26. The van der Waals surface area contributed by atoms with Gasteiger partial charge in [-0.1, -0.05) is 6.07 Å². The van der Waals surface area contributed by atoms with E-state index in [1.165, 1.54) is 19.2 Å². The molecule has 0 fully saturated rings. The molecule has 0 saturated heterocycles. The second-order valence-electron chi connectivity index (χ2n) is 4.94. The van der Waals surface area contributed by atoms with Crippen molar-refractivity contribution >= 4 is 21.8 Å². The number of carbonyl (C=O) groups is 1. The van der Waals surface area contributed by atoms with E-state index in [2.05, 4.69) is 21.2 Å². The Hall–Kier alpha value is -2.08. The minimum Gasteiger partial charge on any atom is -0.496 e. The second kappa shape index (κ2) is 7.46. The molecule has 2 aromatic rings. The summed E-state index contributed by atoms with van der Waals surface area (Å²) in [6, 6.07) is 9.32. The molecule has 1 N–H and O–H groups in total. The van der Waals surface area contributed by atoms with E-state index < -0.39 is 5.82 Å². The molecule has 0 aliphatic carbocycles. The van der Waals surface area contributed by atoms with Crippen molar-refractivity contribution < 1.29 is 18.7 Å². The first-order chi connectivity index (χ1) is 11.0. The van der Waals surface area contributed by atoms with Crippen LogP contribution in [0.15, 0.2) is 40.9 Å². The number of benzene rings is 2. The monoisotopic (exact) mass is 381 g/mol. The summed E-state index contributed by atoms with van der Waals surface area (Å²) >= 11 is 3.34. The van der Waals surface area contributed by atoms with Crippen LogP contribution >= 0.6 is 15.9 Å². The molecular formula is C17H17BrFNO3. The average molecular weight is 382 g/mol. The molecule has 1 atom stereocenters. The summed E-state index contributed by atoms with van der Waals surface area (Å²) in [5, 5.41) is 2.83. The first kappa shape index (κ1) is 17.3. The molecule has 6 heteroatoms. The van der Waals surface area contributed by atoms with Gasteiger partial charge in [0.25, 0.3) is 5.91 Å². The van der Waals surface area contributed by atoms with E-state index in [1.54, 1.807) is 38.3 Å². The van der Waals surface area contributed by atoms with Crippen molar-refractivity contribution in [2.75, 3.05) is 14.2 Å². The first-order valence-electron chi connectivity index (χ1n) is 6.94. The molecule has 0 aliphatic rings. The molecule has 23 heavy (non-hydrogen) atoms. The molecule has 2 rings (SSSR count). The molecule has 0 saturated carbocycles. The van der Waals surface area contributed by atoms with E-state index in [0.29, 0.717) is 21.3 Å². The van der Waals surface area contributed by atoms with E-state index >= 15 is 0 Å². The molecule has 0 aliphatic heterocycles. The fourth-order valence-electron chi connectivity index (χ4n) is 2.12. The predicted octanol–water partition coefficient (Wildman–Crippen LogP) is 4.10. The molecular weight excluding hydrogens is 365 g/mol. The third kappa shape index (κ3) is 4.01. The van der Waals surface area contributed by atoms with Gasteiger partial charge in [0.15, 0.2) is 11.6 Å². The van der Waals surface area contributed by atoms with Gasteiger partial charge in [0.1, 0.15) is 5.75 Å². The molecule has 0 aromatic heterocycles. The summed E-state index contributed by atoms with van der Waals surface area (Å²) in [5.41, 5.74) is 1.14. The summed E-state index contributed by atoms with van der Waals surface area (Å²) in [4.78, 5) is 12.3. The number of amides is 1. The Bertz CT molecular complexity index is 721. The van der Waals surface area contributed by atoms with E-state index in [0.717, 1.165) is 0 Å². The number of nitrogens with one attached hydrogen (secondary N) is 1. The Morgan fingerprint density at radius 2 is 1.78 bits per heavy atom. The van der Waals surface area contributed by atoms with E-state index in [-0.39, 0.29) is 17.7 Å². The van der Waals surface area contributed by atoms with Gasteiger partial charge >= 0.3 is 0 Å². The third-order valence-corrected chi connectivity index (χ3v) is 4.06. The SMILES string of the molecule is COc1ccc(C(C)NC(=O)c2ccc(OC)c(Br)c2)cc1F. The van der Waals surface area contributed by atoms with Crippen molar-refractivity contribution in [2.45, 2.75) is 13.0 Å². The Labute approximate surface area is 142 Å². The number of rotatable bonds is 5. The molecule has 2 aromatic carbocycles. The number of methoxy groups -OCH3 is 2. The Kier molecular flexibility index (Phi) is 5.60. The van der Waals surface area contributed by atoms with E-state index in [9.17, 15) is 9.18 Å². The van der Waals surface area contributed by atoms with Gasteiger partial charge in [0.05, 0.1) is 24.7 Å². The topological polar surface area (TPSA) is 47.6 Å². The lowest BCUT2D eigenvalue weighted by atomic mass is 10.1. The molecule has 0 radical (unpaired) electrons. The van der Waals surface area contributed by atoms with Gasteiger partial charge in [-0.3, -0.25) is 4.79 Å². The minimum atomic E-state index is -0.460. The van der Waals surface area contributed by atoms with Gasteiger partial charge in [-0.2, -0.15) is 0 Å². The summed E-state index contributed by atoms with van der Waals surface area (Å²) in [6.07, 6.45) is 0. The highest BCUT2D eigenvalue weighted by Gasteiger charge is 2.14. The zero-order valence-electron chi connectivity index (χ0n) is 13.0. The van der Waals surface area contributed by atoms with Crippen LogP contribution in [0.25, 0.3) is 0 Å². The van der Waals surface area contributed by atoms with Crippen molar-refractivity contribution in [3.63, 3.8) is 0 Å². The van der Waals surface area contributed by atoms with Crippen molar-refractivity contribution in [1.29, 1.82) is 0 Å². The quantitative estimate of drug-likeness (QED) is 0.847. The standard InChI is InChI=1S/C17H17BrFNO3/c1-10(11-4-7-16(23-3)14(19)9-11)20-17(21)12-5-6-15(22-2)13(18)8-12/h4-10H,1-3H3,(H,20,21). The van der Waals surface area contributed by atoms with Crippen LogP contribution in [-0.2, 0) is 0 Å². The fourth-order valence-corrected chi connectivity index (χ4v) is 2.66. The lowest BCUT2D eigenvalue weighted by molar-refractivity contribution is 0.0939. The van der Waals surface area contributed by atoms with Crippen LogP contribution in [0.2, 0.25) is 0 Å². The van der Waals surface area contributed by atoms with Gasteiger partial charge in [-0.25, -0.2) is 4.39 Å². The molecule has 0 spiro atoms. The maximum absolute atomic E-state index is 13.7. The van der Waals surface area contributed by atoms with Crippen molar-refractivity contribution in [2.24, 2.45) is 0 Å². The smallest absolute Gasteiger partial charge is 0.251 e. The molecule has 0 bridgehead atoms. The molecule has 1 unspecified atom stereocenters. The van der Waals surface area contributed by atoms with Crippen LogP contribution in [0.3, 0.4) is 0 Å². The number of hydrogen-bond donors (Lipinski definition) is 1. The second-order valence-corrected chi connectivity index (χ2v) is 5.79. The predicted molar refractivity (Wildman–Crippen MR) is 89.5 cm³/mol. The maximum atomic E-state index is 13.7. The normalized spacial score (nSPS) is 11.7. The van der Waals surface area contributed by atoms with Crippen LogP contribution in [0.1, 0.15) is 28.9 Å². The maximum Gasteiger partial charge on any atom is 0.251 e. The van der Waals surface area contributed by atoms with Gasteiger partial charge in [-0.15, -0.1) is 0 Å². The summed E-state index contributed by atoms with van der Waals surface area (Å²) in [5.74, 6) is 0.105. The third-order valence-electron chi connectivity index (χ3n) is 3.44. The zero-order chi connectivity index (χ0) is 17.0. The lowest BCUT2D eigenvalue weighted by Crippen LogP contribution is -2.26. The van der Waals surface area contributed by atoms with Crippen LogP contribution in [0, 0.1) is 5.82 Å². The first-order valence-corrected chi connectivity index (χ1v) is 7.73. The number of halogens is 2. The van der Waals surface area contributed by atoms with Gasteiger partial charge in [-0.05, 0) is 58.7 Å². The highest BCUT2D eigenvalue weighted by molar-refractivity contribution is 9.10. The summed E-state index contributed by atoms with van der Waals surface area (Å²) < 4.78 is 24.5. The minimum absolute atomic E-state index is 0.173. The van der Waals surface area contributed by atoms with Gasteiger partial charge < -0.3 is 14.8 Å². The van der Waals surface area contributed by atoms with Crippen LogP contribution in [-0.4, -0.2) is 20.1 Å². The largest absolute Gasteiger partial charge is 0.496 e. The zero-order valence-corrected chi connectivity index (χ0v) is 14.6. The van der Waals surface area contributed by atoms with Crippen LogP contribution in [0.4, 0.5) is 4.39 Å². The van der Waals surface area contributed by atoms with E-state index in [4.69, 9.17) is 9.47 Å². The number of ether oxygens (including phenoxy) is 2. The van der Waals surface area contributed by atoms with Gasteiger partial charge in [0.2, 0.25) is 0 Å². The van der Waals surface area contributed by atoms with Crippen molar-refractivity contribution in [3.8, 4) is 11.5 Å². The molecule has 0 heterocycles. The fraction of sp³-hybridized carbons (Fsp3) is 0.235. The van der Waals surface area contributed by atoms with Crippen LogP contribution < -0.4 is 14.8 Å². The lowest BCUT2D eigenvalue weighted by Gasteiger charge is -2.15. The van der Waals surface area contributed by atoms with Crippen molar-refractivity contribution in [3.05, 3.63) is 57.8 Å². The Morgan fingerprint density at radius 1 is 1.13 bits per heavy atom. The van der Waals surface area contributed by atoms with E-state index in [1.807, 2.05) is 0 Å². The van der Waals surface area contributed by atoms with Crippen LogP contribution in [0.5, 0.6) is 11.5 Å². The highest BCUT2D eigenvalue weighted by atomic mass is 79.9. The van der Waals surface area contributed by atoms with Crippen molar-refractivity contribution in [1.82, 2.24) is 5.32 Å². The Morgan fingerprint density at radius 3 is 2.35 bits per heavy atom. The molecule has 122 valence electrons. The van der Waals surface area contributed by atoms with Gasteiger partial charge in [0, 0.05) is 5.56 Å². The molecule has 1 amide bonds. The summed E-state index contributed by atoms with van der Waals surface area (Å²) in [7, 11) is 2.96. The summed E-state index contributed by atoms with van der Waals surface area (Å²) in [6.45, 7) is 1.79. The molecule has 4 nitrogen and oxygen atoms in total. The number of carbonyl (C=O) groups excluding carboxylic acids is 1. The Balaban J connectivity index is 2.13.